The minimum atomic E-state index is -0.101. The predicted molar refractivity (Wildman–Crippen MR) is 86.3 cm³/mol. The molecule has 1 aromatic rings. The first-order chi connectivity index (χ1) is 10.6. The van der Waals surface area contributed by atoms with Crippen molar-refractivity contribution in [1.29, 1.82) is 0 Å². The van der Waals surface area contributed by atoms with Gasteiger partial charge in [0.05, 0.1) is 0 Å². The SMILES string of the molecule is CC(=O)Nc1ccc(/C=C2/N=C3CCCCCN3C2=O)cc1. The second kappa shape index (κ2) is 6.13. The molecule has 3 rings (SSSR count). The molecule has 0 saturated carbocycles. The fourth-order valence-electron chi connectivity index (χ4n) is 2.77. The highest BCUT2D eigenvalue weighted by molar-refractivity contribution is 6.14. The Balaban J connectivity index is 1.80. The molecule has 0 aromatic heterocycles. The van der Waals surface area contributed by atoms with Crippen molar-refractivity contribution in [3.63, 3.8) is 0 Å². The Morgan fingerprint density at radius 2 is 2.00 bits per heavy atom. The molecular weight excluding hydrogens is 278 g/mol. The first-order valence-corrected chi connectivity index (χ1v) is 7.62. The normalized spacial score (nSPS) is 19.7. The highest BCUT2D eigenvalue weighted by atomic mass is 16.2. The molecule has 1 aromatic carbocycles. The molecule has 114 valence electrons. The standard InChI is InChI=1S/C17H19N3O2/c1-12(21)18-14-8-6-13(7-9-14)11-15-17(22)20-10-4-2-3-5-16(20)19-15/h6-9,11H,2-5,10H2,1H3,(H,18,21)/b15-11+. The Kier molecular flexibility index (Phi) is 4.04. The van der Waals surface area contributed by atoms with Crippen molar-refractivity contribution in [1.82, 2.24) is 4.90 Å². The van der Waals surface area contributed by atoms with Crippen LogP contribution in [0.3, 0.4) is 0 Å². The molecule has 22 heavy (non-hydrogen) atoms. The Morgan fingerprint density at radius 1 is 1.23 bits per heavy atom. The van der Waals surface area contributed by atoms with Gasteiger partial charge in [0.25, 0.3) is 5.91 Å². The third-order valence-corrected chi connectivity index (χ3v) is 3.84. The molecule has 2 amide bonds. The second-order valence-electron chi connectivity index (χ2n) is 5.63. The van der Waals surface area contributed by atoms with Crippen LogP contribution in [0.2, 0.25) is 0 Å². The number of carbonyl (C=O) groups is 2. The average molecular weight is 297 g/mol. The van der Waals surface area contributed by atoms with Gasteiger partial charge < -0.3 is 5.32 Å². The molecule has 1 fully saturated rings. The zero-order valence-electron chi connectivity index (χ0n) is 12.6. The third kappa shape index (κ3) is 3.08. The summed E-state index contributed by atoms with van der Waals surface area (Å²) >= 11 is 0. The summed E-state index contributed by atoms with van der Waals surface area (Å²) in [5.74, 6) is 0.808. The van der Waals surface area contributed by atoms with Gasteiger partial charge in [0.2, 0.25) is 5.91 Å². The van der Waals surface area contributed by atoms with Crippen LogP contribution in [-0.2, 0) is 9.59 Å². The highest BCUT2D eigenvalue weighted by Gasteiger charge is 2.30. The van der Waals surface area contributed by atoms with Crippen molar-refractivity contribution in [2.45, 2.75) is 32.6 Å². The lowest BCUT2D eigenvalue weighted by Gasteiger charge is -2.14. The van der Waals surface area contributed by atoms with Crippen molar-refractivity contribution < 1.29 is 9.59 Å². The molecule has 0 spiro atoms. The van der Waals surface area contributed by atoms with Gasteiger partial charge in [-0.05, 0) is 36.6 Å². The lowest BCUT2D eigenvalue weighted by Crippen LogP contribution is -2.31. The molecule has 2 heterocycles. The largest absolute Gasteiger partial charge is 0.326 e. The molecule has 0 unspecified atom stereocenters. The summed E-state index contributed by atoms with van der Waals surface area (Å²) < 4.78 is 0. The molecule has 5 nitrogen and oxygen atoms in total. The first-order valence-electron chi connectivity index (χ1n) is 7.62. The van der Waals surface area contributed by atoms with Crippen molar-refractivity contribution in [2.24, 2.45) is 4.99 Å². The van der Waals surface area contributed by atoms with Crippen molar-refractivity contribution in [3.05, 3.63) is 35.5 Å². The Bertz CT molecular complexity index is 659. The molecule has 0 aliphatic carbocycles. The van der Waals surface area contributed by atoms with Gasteiger partial charge in [-0.15, -0.1) is 0 Å². The van der Waals surface area contributed by atoms with Crippen LogP contribution in [0.25, 0.3) is 6.08 Å². The van der Waals surface area contributed by atoms with E-state index in [1.165, 1.54) is 6.92 Å². The molecule has 0 bridgehead atoms. The van der Waals surface area contributed by atoms with E-state index >= 15 is 0 Å². The monoisotopic (exact) mass is 297 g/mol. The lowest BCUT2D eigenvalue weighted by molar-refractivity contribution is -0.122. The number of benzene rings is 1. The summed E-state index contributed by atoms with van der Waals surface area (Å²) in [5, 5.41) is 2.72. The number of nitrogens with one attached hydrogen (secondary N) is 1. The van der Waals surface area contributed by atoms with Crippen LogP contribution in [0.4, 0.5) is 5.69 Å². The second-order valence-corrected chi connectivity index (χ2v) is 5.63. The van der Waals surface area contributed by atoms with Crippen LogP contribution in [0, 0.1) is 0 Å². The van der Waals surface area contributed by atoms with E-state index in [1.807, 2.05) is 35.2 Å². The highest BCUT2D eigenvalue weighted by Crippen LogP contribution is 2.24. The zero-order valence-corrected chi connectivity index (χ0v) is 12.6. The van der Waals surface area contributed by atoms with Crippen LogP contribution in [0.15, 0.2) is 35.0 Å². The third-order valence-electron chi connectivity index (χ3n) is 3.84. The van der Waals surface area contributed by atoms with Crippen LogP contribution in [0.5, 0.6) is 0 Å². The molecule has 5 heteroatoms. The van der Waals surface area contributed by atoms with E-state index in [1.54, 1.807) is 0 Å². The Hall–Kier alpha value is -2.43. The van der Waals surface area contributed by atoms with Crippen molar-refractivity contribution >= 4 is 29.4 Å². The summed E-state index contributed by atoms with van der Waals surface area (Å²) in [6, 6.07) is 7.38. The Labute approximate surface area is 129 Å². The summed E-state index contributed by atoms with van der Waals surface area (Å²) in [6.45, 7) is 2.25. The molecule has 1 saturated heterocycles. The number of hydrogen-bond donors (Lipinski definition) is 1. The number of amidine groups is 1. The average Bonchev–Trinajstić information content (AvgIpc) is 2.66. The van der Waals surface area contributed by atoms with E-state index in [4.69, 9.17) is 0 Å². The number of nitrogens with zero attached hydrogens (tertiary/aromatic N) is 2. The van der Waals surface area contributed by atoms with E-state index in [2.05, 4.69) is 10.3 Å². The molecule has 2 aliphatic heterocycles. The maximum absolute atomic E-state index is 12.4. The van der Waals surface area contributed by atoms with E-state index in [0.717, 1.165) is 49.3 Å². The van der Waals surface area contributed by atoms with Crippen LogP contribution < -0.4 is 5.32 Å². The van der Waals surface area contributed by atoms with Gasteiger partial charge >= 0.3 is 0 Å². The summed E-state index contributed by atoms with van der Waals surface area (Å²) in [6.07, 6.45) is 5.99. The van der Waals surface area contributed by atoms with Crippen molar-refractivity contribution in [2.75, 3.05) is 11.9 Å². The van der Waals surface area contributed by atoms with E-state index in [0.29, 0.717) is 5.70 Å². The molecule has 0 atom stereocenters. The predicted octanol–water partition coefficient (Wildman–Crippen LogP) is 2.80. The number of amides is 2. The summed E-state index contributed by atoms with van der Waals surface area (Å²) in [5.41, 5.74) is 2.15. The number of carbonyl (C=O) groups excluding carboxylic acids is 2. The molecular formula is C17H19N3O2. The fraction of sp³-hybridized carbons (Fsp3) is 0.353. The number of rotatable bonds is 2. The Morgan fingerprint density at radius 3 is 2.73 bits per heavy atom. The fourth-order valence-corrected chi connectivity index (χ4v) is 2.77. The maximum atomic E-state index is 12.4. The van der Waals surface area contributed by atoms with Crippen LogP contribution >= 0.6 is 0 Å². The number of hydrogen-bond acceptors (Lipinski definition) is 3. The van der Waals surface area contributed by atoms with Gasteiger partial charge in [-0.3, -0.25) is 14.5 Å². The van der Waals surface area contributed by atoms with Gasteiger partial charge in [0.15, 0.2) is 0 Å². The molecule has 1 N–H and O–H groups in total. The summed E-state index contributed by atoms with van der Waals surface area (Å²) in [7, 11) is 0. The summed E-state index contributed by atoms with van der Waals surface area (Å²) in [4.78, 5) is 29.7. The van der Waals surface area contributed by atoms with Crippen LogP contribution in [-0.4, -0.2) is 29.1 Å². The lowest BCUT2D eigenvalue weighted by atomic mass is 10.1. The van der Waals surface area contributed by atoms with E-state index in [9.17, 15) is 9.59 Å². The molecule has 0 radical (unpaired) electrons. The number of anilines is 1. The van der Waals surface area contributed by atoms with Gasteiger partial charge in [-0.2, -0.15) is 0 Å². The van der Waals surface area contributed by atoms with Gasteiger partial charge in [-0.25, -0.2) is 4.99 Å². The van der Waals surface area contributed by atoms with E-state index < -0.39 is 0 Å². The quantitative estimate of drug-likeness (QED) is 0.853. The van der Waals surface area contributed by atoms with Gasteiger partial charge in [0.1, 0.15) is 11.5 Å². The zero-order chi connectivity index (χ0) is 15.5. The smallest absolute Gasteiger partial charge is 0.277 e. The van der Waals surface area contributed by atoms with E-state index in [-0.39, 0.29) is 11.8 Å². The maximum Gasteiger partial charge on any atom is 0.277 e. The molecule has 2 aliphatic rings. The van der Waals surface area contributed by atoms with Gasteiger partial charge in [0, 0.05) is 25.6 Å². The van der Waals surface area contributed by atoms with Crippen LogP contribution in [0.1, 0.15) is 38.2 Å². The van der Waals surface area contributed by atoms with Gasteiger partial charge in [-0.1, -0.05) is 18.6 Å². The number of aliphatic imine (C=N–C) groups is 1. The number of fused-ring (bicyclic) bond motifs is 1. The topological polar surface area (TPSA) is 61.8 Å². The van der Waals surface area contributed by atoms with Crippen molar-refractivity contribution in [3.8, 4) is 0 Å². The minimum absolute atomic E-state index is 0.00263. The minimum Gasteiger partial charge on any atom is -0.326 e. The first kappa shape index (κ1) is 14.5.